The van der Waals surface area contributed by atoms with Gasteiger partial charge in [0.2, 0.25) is 5.91 Å². The van der Waals surface area contributed by atoms with Gasteiger partial charge in [0.1, 0.15) is 0 Å². The average molecular weight is 257 g/mol. The van der Waals surface area contributed by atoms with Crippen LogP contribution in [0, 0.1) is 5.92 Å². The normalized spacial score (nSPS) is 14.2. The van der Waals surface area contributed by atoms with E-state index in [1.165, 1.54) is 32.1 Å². The van der Waals surface area contributed by atoms with E-state index in [1.807, 2.05) is 13.8 Å². The number of nitrogens with one attached hydrogen (secondary N) is 1. The third kappa shape index (κ3) is 9.46. The van der Waals surface area contributed by atoms with Crippen molar-refractivity contribution in [3.05, 3.63) is 0 Å². The molecule has 18 heavy (non-hydrogen) atoms. The molecule has 0 bridgehead atoms. The van der Waals surface area contributed by atoms with Crippen LogP contribution < -0.4 is 5.32 Å². The smallest absolute Gasteiger partial charge is 0.220 e. The predicted molar refractivity (Wildman–Crippen MR) is 76.5 cm³/mol. The fourth-order valence-electron chi connectivity index (χ4n) is 1.87. The van der Waals surface area contributed by atoms with Crippen LogP contribution in [0.1, 0.15) is 72.1 Å². The lowest BCUT2D eigenvalue weighted by atomic mass is 10.0. The lowest BCUT2D eigenvalue weighted by molar-refractivity contribution is -0.122. The van der Waals surface area contributed by atoms with Gasteiger partial charge in [-0.2, -0.15) is 0 Å². The van der Waals surface area contributed by atoms with Crippen molar-refractivity contribution < 1.29 is 9.90 Å². The van der Waals surface area contributed by atoms with Crippen molar-refractivity contribution in [3.63, 3.8) is 0 Å². The van der Waals surface area contributed by atoms with Gasteiger partial charge in [-0.15, -0.1) is 0 Å². The molecule has 0 saturated carbocycles. The Labute approximate surface area is 112 Å². The summed E-state index contributed by atoms with van der Waals surface area (Å²) in [6.45, 7) is 6.24. The first-order chi connectivity index (χ1) is 8.61. The van der Waals surface area contributed by atoms with Crippen molar-refractivity contribution in [2.45, 2.75) is 78.2 Å². The maximum absolute atomic E-state index is 11.6. The van der Waals surface area contributed by atoms with Crippen molar-refractivity contribution in [2.24, 2.45) is 5.92 Å². The first-order valence-electron chi connectivity index (χ1n) is 7.52. The third-order valence-corrected chi connectivity index (χ3v) is 3.54. The summed E-state index contributed by atoms with van der Waals surface area (Å²) in [6.07, 6.45) is 9.24. The highest BCUT2D eigenvalue weighted by Gasteiger charge is 2.13. The minimum absolute atomic E-state index is 0.0621. The van der Waals surface area contributed by atoms with Crippen molar-refractivity contribution in [3.8, 4) is 0 Å². The van der Waals surface area contributed by atoms with Crippen LogP contribution >= 0.6 is 0 Å². The number of rotatable bonds is 11. The Morgan fingerprint density at radius 2 is 1.61 bits per heavy atom. The lowest BCUT2D eigenvalue weighted by Gasteiger charge is -2.19. The topological polar surface area (TPSA) is 49.3 Å². The molecule has 0 aliphatic carbocycles. The van der Waals surface area contributed by atoms with E-state index in [0.29, 0.717) is 6.42 Å². The van der Waals surface area contributed by atoms with Gasteiger partial charge < -0.3 is 10.4 Å². The van der Waals surface area contributed by atoms with E-state index in [4.69, 9.17) is 5.11 Å². The van der Waals surface area contributed by atoms with Crippen LogP contribution in [0.2, 0.25) is 0 Å². The summed E-state index contributed by atoms with van der Waals surface area (Å²) in [4.78, 5) is 11.6. The molecule has 0 aromatic heterocycles. The highest BCUT2D eigenvalue weighted by molar-refractivity contribution is 5.76. The molecule has 2 atom stereocenters. The molecule has 0 spiro atoms. The van der Waals surface area contributed by atoms with E-state index in [0.717, 1.165) is 12.8 Å². The number of unbranched alkanes of at least 4 members (excludes halogenated alkanes) is 6. The minimum Gasteiger partial charge on any atom is -0.396 e. The number of hydrogen-bond donors (Lipinski definition) is 2. The second kappa shape index (κ2) is 11.5. The molecule has 0 aromatic rings. The summed E-state index contributed by atoms with van der Waals surface area (Å²) < 4.78 is 0. The highest BCUT2D eigenvalue weighted by atomic mass is 16.3. The molecule has 0 saturated heterocycles. The molecule has 0 heterocycles. The van der Waals surface area contributed by atoms with Gasteiger partial charge in [0, 0.05) is 19.1 Å². The standard InChI is InChI=1S/C15H31NO2/c1-4-5-6-7-8-9-10-11-15(18)16-14(3)13(2)12-17/h13-14,17H,4-12H2,1-3H3,(H,16,18). The molecular weight excluding hydrogens is 226 g/mol. The van der Waals surface area contributed by atoms with Crippen LogP contribution in [0.15, 0.2) is 0 Å². The molecule has 0 aliphatic heterocycles. The van der Waals surface area contributed by atoms with Crippen molar-refractivity contribution in [1.82, 2.24) is 5.32 Å². The van der Waals surface area contributed by atoms with Crippen molar-refractivity contribution >= 4 is 5.91 Å². The van der Waals surface area contributed by atoms with E-state index in [9.17, 15) is 4.79 Å². The molecule has 0 aromatic carbocycles. The van der Waals surface area contributed by atoms with Gasteiger partial charge in [0.25, 0.3) is 0 Å². The number of carbonyl (C=O) groups is 1. The summed E-state index contributed by atoms with van der Waals surface area (Å²) in [6, 6.07) is 0.0621. The zero-order valence-corrected chi connectivity index (χ0v) is 12.4. The second-order valence-electron chi connectivity index (χ2n) is 5.39. The first-order valence-corrected chi connectivity index (χ1v) is 7.52. The van der Waals surface area contributed by atoms with E-state index in [2.05, 4.69) is 12.2 Å². The fourth-order valence-corrected chi connectivity index (χ4v) is 1.87. The Kier molecular flexibility index (Phi) is 11.2. The zero-order chi connectivity index (χ0) is 13.8. The largest absolute Gasteiger partial charge is 0.396 e. The third-order valence-electron chi connectivity index (χ3n) is 3.54. The van der Waals surface area contributed by atoms with Crippen LogP contribution in [0.3, 0.4) is 0 Å². The molecule has 3 nitrogen and oxygen atoms in total. The van der Waals surface area contributed by atoms with Gasteiger partial charge in [-0.1, -0.05) is 52.4 Å². The molecule has 3 heteroatoms. The quantitative estimate of drug-likeness (QED) is 0.558. The monoisotopic (exact) mass is 257 g/mol. The SMILES string of the molecule is CCCCCCCCCC(=O)NC(C)C(C)CO. The van der Waals surface area contributed by atoms with Crippen molar-refractivity contribution in [2.75, 3.05) is 6.61 Å². The maximum Gasteiger partial charge on any atom is 0.220 e. The number of carbonyl (C=O) groups excluding carboxylic acids is 1. The predicted octanol–water partition coefficient (Wildman–Crippen LogP) is 3.26. The molecule has 0 fully saturated rings. The van der Waals surface area contributed by atoms with Crippen LogP contribution in [-0.4, -0.2) is 23.7 Å². The molecule has 0 rings (SSSR count). The summed E-state index contributed by atoms with van der Waals surface area (Å²) in [7, 11) is 0. The highest BCUT2D eigenvalue weighted by Crippen LogP contribution is 2.08. The Balaban J connectivity index is 3.42. The van der Waals surface area contributed by atoms with Gasteiger partial charge in [-0.05, 0) is 19.3 Å². The Morgan fingerprint density at radius 3 is 2.17 bits per heavy atom. The number of aliphatic hydroxyl groups is 1. The maximum atomic E-state index is 11.6. The van der Waals surface area contributed by atoms with E-state index >= 15 is 0 Å². The Hall–Kier alpha value is -0.570. The Bertz CT molecular complexity index is 207. The average Bonchev–Trinajstić information content (AvgIpc) is 2.36. The van der Waals surface area contributed by atoms with Gasteiger partial charge >= 0.3 is 0 Å². The lowest BCUT2D eigenvalue weighted by Crippen LogP contribution is -2.38. The molecule has 108 valence electrons. The van der Waals surface area contributed by atoms with E-state index in [-0.39, 0.29) is 24.5 Å². The summed E-state index contributed by atoms with van der Waals surface area (Å²) in [5.74, 6) is 0.249. The summed E-state index contributed by atoms with van der Waals surface area (Å²) in [5, 5.41) is 11.9. The van der Waals surface area contributed by atoms with Crippen LogP contribution in [-0.2, 0) is 4.79 Å². The Morgan fingerprint density at radius 1 is 1.06 bits per heavy atom. The molecule has 0 aliphatic rings. The van der Waals surface area contributed by atoms with Crippen LogP contribution in [0.25, 0.3) is 0 Å². The molecular formula is C15H31NO2. The van der Waals surface area contributed by atoms with Crippen LogP contribution in [0.4, 0.5) is 0 Å². The molecule has 2 N–H and O–H groups in total. The van der Waals surface area contributed by atoms with Gasteiger partial charge in [-0.3, -0.25) is 4.79 Å². The van der Waals surface area contributed by atoms with Gasteiger partial charge in [-0.25, -0.2) is 0 Å². The van der Waals surface area contributed by atoms with Crippen LogP contribution in [0.5, 0.6) is 0 Å². The zero-order valence-electron chi connectivity index (χ0n) is 12.4. The number of amides is 1. The fraction of sp³-hybridized carbons (Fsp3) is 0.933. The van der Waals surface area contributed by atoms with E-state index in [1.54, 1.807) is 0 Å². The van der Waals surface area contributed by atoms with E-state index < -0.39 is 0 Å². The van der Waals surface area contributed by atoms with Crippen molar-refractivity contribution in [1.29, 1.82) is 0 Å². The van der Waals surface area contributed by atoms with Gasteiger partial charge in [0.05, 0.1) is 0 Å². The molecule has 2 unspecified atom stereocenters. The van der Waals surface area contributed by atoms with Gasteiger partial charge in [0.15, 0.2) is 0 Å². The summed E-state index contributed by atoms with van der Waals surface area (Å²) >= 11 is 0. The number of aliphatic hydroxyl groups excluding tert-OH is 1. The second-order valence-corrected chi connectivity index (χ2v) is 5.39. The minimum atomic E-state index is 0.0621. The molecule has 1 amide bonds. The molecule has 0 radical (unpaired) electrons. The summed E-state index contributed by atoms with van der Waals surface area (Å²) in [5.41, 5.74) is 0. The number of hydrogen-bond acceptors (Lipinski definition) is 2. The first kappa shape index (κ1) is 17.4.